The molecule has 0 spiro atoms. The van der Waals surface area contributed by atoms with Gasteiger partial charge in [0.15, 0.2) is 0 Å². The van der Waals surface area contributed by atoms with Gasteiger partial charge in [-0.2, -0.15) is 0 Å². The Morgan fingerprint density at radius 2 is 1.71 bits per heavy atom. The van der Waals surface area contributed by atoms with Gasteiger partial charge in [0.05, 0.1) is 25.1 Å². The van der Waals surface area contributed by atoms with Crippen molar-refractivity contribution in [2.45, 2.75) is 19.9 Å². The number of aromatic nitrogens is 1. The first-order chi connectivity index (χ1) is 13.6. The van der Waals surface area contributed by atoms with Crippen LogP contribution in [0.1, 0.15) is 22.8 Å². The maximum absolute atomic E-state index is 12.9. The Hall–Kier alpha value is -3.28. The fourth-order valence-corrected chi connectivity index (χ4v) is 3.13. The molecular weight excluding hydrogens is 356 g/mol. The van der Waals surface area contributed by atoms with E-state index in [1.807, 2.05) is 47.9 Å². The largest absolute Gasteiger partial charge is 0.497 e. The summed E-state index contributed by atoms with van der Waals surface area (Å²) in [6.45, 7) is 3.06. The van der Waals surface area contributed by atoms with Crippen LogP contribution < -0.4 is 20.2 Å². The highest BCUT2D eigenvalue weighted by Crippen LogP contribution is 2.19. The monoisotopic (exact) mass is 380 g/mol. The van der Waals surface area contributed by atoms with Crippen LogP contribution in [-0.4, -0.2) is 31.2 Å². The molecule has 0 aliphatic carbocycles. The SMILES string of the molecule is CCn1cc(C(=O)NCCc2ccc(OC)cc2)c(=O)c2cc(OC)ccc21. The summed E-state index contributed by atoms with van der Waals surface area (Å²) >= 11 is 0. The van der Waals surface area contributed by atoms with E-state index in [2.05, 4.69) is 5.32 Å². The van der Waals surface area contributed by atoms with E-state index >= 15 is 0 Å². The van der Waals surface area contributed by atoms with Gasteiger partial charge in [-0.1, -0.05) is 12.1 Å². The summed E-state index contributed by atoms with van der Waals surface area (Å²) in [7, 11) is 3.17. The lowest BCUT2D eigenvalue weighted by Crippen LogP contribution is -2.31. The minimum atomic E-state index is -0.370. The number of fused-ring (bicyclic) bond motifs is 1. The van der Waals surface area contributed by atoms with Crippen molar-refractivity contribution in [1.82, 2.24) is 9.88 Å². The average molecular weight is 380 g/mol. The third-order valence-corrected chi connectivity index (χ3v) is 4.73. The predicted molar refractivity (Wildman–Crippen MR) is 109 cm³/mol. The number of methoxy groups -OCH3 is 2. The Morgan fingerprint density at radius 3 is 2.36 bits per heavy atom. The van der Waals surface area contributed by atoms with Gasteiger partial charge in [-0.3, -0.25) is 9.59 Å². The smallest absolute Gasteiger partial charge is 0.256 e. The Bertz CT molecular complexity index is 1040. The molecule has 0 saturated heterocycles. The van der Waals surface area contributed by atoms with E-state index in [9.17, 15) is 9.59 Å². The lowest BCUT2D eigenvalue weighted by atomic mass is 10.1. The number of nitrogens with one attached hydrogen (secondary N) is 1. The summed E-state index contributed by atoms with van der Waals surface area (Å²) in [5.41, 5.74) is 1.70. The van der Waals surface area contributed by atoms with Crippen LogP contribution in [0.25, 0.3) is 10.9 Å². The molecule has 1 N–H and O–H groups in total. The van der Waals surface area contributed by atoms with Crippen LogP contribution in [0.3, 0.4) is 0 Å². The summed E-state index contributed by atoms with van der Waals surface area (Å²) in [5.74, 6) is 1.01. The van der Waals surface area contributed by atoms with Crippen molar-refractivity contribution in [1.29, 1.82) is 0 Å². The van der Waals surface area contributed by atoms with Gasteiger partial charge < -0.3 is 19.4 Å². The van der Waals surface area contributed by atoms with Gasteiger partial charge in [-0.15, -0.1) is 0 Å². The number of rotatable bonds is 7. The third-order valence-electron chi connectivity index (χ3n) is 4.73. The standard InChI is InChI=1S/C22H24N2O4/c1-4-24-14-19(21(25)18-13-17(28-3)9-10-20(18)24)22(26)23-12-11-15-5-7-16(27-2)8-6-15/h5-10,13-14H,4,11-12H2,1-3H3,(H,23,26). The van der Waals surface area contributed by atoms with E-state index in [4.69, 9.17) is 9.47 Å². The maximum Gasteiger partial charge on any atom is 0.256 e. The molecule has 2 aromatic carbocycles. The number of aryl methyl sites for hydroxylation is 1. The maximum atomic E-state index is 12.9. The Balaban J connectivity index is 1.80. The molecule has 146 valence electrons. The molecule has 0 atom stereocenters. The van der Waals surface area contributed by atoms with E-state index < -0.39 is 0 Å². The van der Waals surface area contributed by atoms with Crippen LogP contribution in [-0.2, 0) is 13.0 Å². The average Bonchev–Trinajstić information content (AvgIpc) is 2.74. The van der Waals surface area contributed by atoms with Crippen molar-refractivity contribution in [3.63, 3.8) is 0 Å². The second-order valence-corrected chi connectivity index (χ2v) is 6.39. The van der Waals surface area contributed by atoms with E-state index in [0.717, 1.165) is 16.8 Å². The first-order valence-corrected chi connectivity index (χ1v) is 9.19. The van der Waals surface area contributed by atoms with Gasteiger partial charge in [0, 0.05) is 19.3 Å². The molecule has 0 saturated carbocycles. The Kier molecular flexibility index (Phi) is 5.99. The Morgan fingerprint density at radius 1 is 1.04 bits per heavy atom. The summed E-state index contributed by atoms with van der Waals surface area (Å²) in [6, 6.07) is 13.0. The van der Waals surface area contributed by atoms with Gasteiger partial charge in [0.2, 0.25) is 5.43 Å². The van der Waals surface area contributed by atoms with Crippen molar-refractivity contribution in [3.8, 4) is 11.5 Å². The lowest BCUT2D eigenvalue weighted by Gasteiger charge is -2.13. The number of nitrogens with zero attached hydrogens (tertiary/aromatic N) is 1. The summed E-state index contributed by atoms with van der Waals surface area (Å²) in [4.78, 5) is 25.5. The molecule has 1 heterocycles. The van der Waals surface area contributed by atoms with Crippen molar-refractivity contribution >= 4 is 16.8 Å². The van der Waals surface area contributed by atoms with Crippen molar-refractivity contribution in [2.24, 2.45) is 0 Å². The van der Waals surface area contributed by atoms with Crippen molar-refractivity contribution < 1.29 is 14.3 Å². The van der Waals surface area contributed by atoms with Gasteiger partial charge in [-0.05, 0) is 49.2 Å². The van der Waals surface area contributed by atoms with Crippen LogP contribution in [0.4, 0.5) is 0 Å². The van der Waals surface area contributed by atoms with Crippen LogP contribution in [0.5, 0.6) is 11.5 Å². The number of ether oxygens (including phenoxy) is 2. The number of benzene rings is 2. The molecule has 6 heteroatoms. The molecule has 0 bridgehead atoms. The molecule has 3 aromatic rings. The molecule has 1 aromatic heterocycles. The molecule has 0 radical (unpaired) electrons. The van der Waals surface area contributed by atoms with Gasteiger partial charge in [0.1, 0.15) is 17.1 Å². The second-order valence-electron chi connectivity index (χ2n) is 6.39. The fourth-order valence-electron chi connectivity index (χ4n) is 3.13. The number of hydrogen-bond acceptors (Lipinski definition) is 4. The zero-order valence-corrected chi connectivity index (χ0v) is 16.3. The fraction of sp³-hybridized carbons (Fsp3) is 0.273. The predicted octanol–water partition coefficient (Wildman–Crippen LogP) is 3.01. The molecule has 0 aliphatic heterocycles. The third kappa shape index (κ3) is 4.01. The summed E-state index contributed by atoms with van der Waals surface area (Å²) in [6.07, 6.45) is 2.29. The highest BCUT2D eigenvalue weighted by Gasteiger charge is 2.15. The summed E-state index contributed by atoms with van der Waals surface area (Å²) in [5, 5.41) is 3.32. The Labute approximate surface area is 163 Å². The molecule has 3 rings (SSSR count). The van der Waals surface area contributed by atoms with E-state index in [0.29, 0.717) is 30.6 Å². The van der Waals surface area contributed by atoms with E-state index in [1.54, 1.807) is 26.5 Å². The van der Waals surface area contributed by atoms with E-state index in [-0.39, 0.29) is 16.9 Å². The molecule has 0 aliphatic rings. The normalized spacial score (nSPS) is 10.7. The number of hydrogen-bond donors (Lipinski definition) is 1. The van der Waals surface area contributed by atoms with Crippen molar-refractivity contribution in [3.05, 3.63) is 70.0 Å². The molecule has 0 unspecified atom stereocenters. The lowest BCUT2D eigenvalue weighted by molar-refractivity contribution is 0.0952. The first kappa shape index (κ1) is 19.5. The molecule has 6 nitrogen and oxygen atoms in total. The number of carbonyl (C=O) groups is 1. The first-order valence-electron chi connectivity index (χ1n) is 9.19. The van der Waals surface area contributed by atoms with Gasteiger partial charge in [0.25, 0.3) is 5.91 Å². The van der Waals surface area contributed by atoms with Crippen LogP contribution >= 0.6 is 0 Å². The topological polar surface area (TPSA) is 69.6 Å². The highest BCUT2D eigenvalue weighted by atomic mass is 16.5. The number of pyridine rings is 1. The molecule has 0 fully saturated rings. The number of amides is 1. The minimum Gasteiger partial charge on any atom is -0.497 e. The zero-order valence-electron chi connectivity index (χ0n) is 16.3. The minimum absolute atomic E-state index is 0.136. The van der Waals surface area contributed by atoms with E-state index in [1.165, 1.54) is 0 Å². The van der Waals surface area contributed by atoms with Crippen LogP contribution in [0.2, 0.25) is 0 Å². The second kappa shape index (κ2) is 8.61. The number of carbonyl (C=O) groups excluding carboxylic acids is 1. The van der Waals surface area contributed by atoms with Crippen molar-refractivity contribution in [2.75, 3.05) is 20.8 Å². The van der Waals surface area contributed by atoms with Gasteiger partial charge >= 0.3 is 0 Å². The van der Waals surface area contributed by atoms with Crippen LogP contribution in [0.15, 0.2) is 53.5 Å². The zero-order chi connectivity index (χ0) is 20.1. The molecule has 1 amide bonds. The molecular formula is C22H24N2O4. The quantitative estimate of drug-likeness (QED) is 0.684. The van der Waals surface area contributed by atoms with Gasteiger partial charge in [-0.25, -0.2) is 0 Å². The highest BCUT2D eigenvalue weighted by molar-refractivity contribution is 5.97. The van der Waals surface area contributed by atoms with Crippen LogP contribution in [0, 0.1) is 0 Å². The summed E-state index contributed by atoms with van der Waals surface area (Å²) < 4.78 is 12.3. The molecule has 28 heavy (non-hydrogen) atoms.